The second-order valence-electron chi connectivity index (χ2n) is 42.2. The molecule has 0 unspecified atom stereocenters. The van der Waals surface area contributed by atoms with Gasteiger partial charge in [0, 0.05) is 83.1 Å². The lowest BCUT2D eigenvalue weighted by molar-refractivity contribution is 0.659. The van der Waals surface area contributed by atoms with Crippen molar-refractivity contribution in [2.24, 2.45) is 0 Å². The molecule has 26 aromatic rings. The van der Waals surface area contributed by atoms with E-state index in [0.29, 0.717) is 0 Å². The van der Waals surface area contributed by atoms with Gasteiger partial charge in [-0.15, -0.1) is 0 Å². The molecular weight excluding hydrogens is 1790 g/mol. The smallest absolute Gasteiger partial charge is 0.0582 e. The van der Waals surface area contributed by atoms with Crippen LogP contribution in [-0.4, -0.2) is 18.3 Å². The Morgan fingerprint density at radius 3 is 0.986 bits per heavy atom. The van der Waals surface area contributed by atoms with Crippen molar-refractivity contribution in [3.63, 3.8) is 0 Å². The minimum atomic E-state index is 0.0957. The Morgan fingerprint density at radius 1 is 0.155 bits per heavy atom. The quantitative estimate of drug-likeness (QED) is 0.167. The molecule has 700 valence electrons. The van der Waals surface area contributed by atoms with Crippen LogP contribution in [0, 0.1) is 0 Å². The Balaban J connectivity index is 0.0000000838. The molecule has 4 heteroatoms. The summed E-state index contributed by atoms with van der Waals surface area (Å²) in [5, 5.41) is 10.7. The predicted molar refractivity (Wildman–Crippen MR) is 621 cm³/mol. The molecule has 0 spiro atoms. The molecule has 0 saturated carbocycles. The molecular formula is C144H104N4. The molecule has 22 aromatic carbocycles. The third-order valence-corrected chi connectivity index (χ3v) is 33.4. The summed E-state index contributed by atoms with van der Waals surface area (Å²) in [5.41, 5.74) is 61.2. The van der Waals surface area contributed by atoms with Gasteiger partial charge in [0.1, 0.15) is 0 Å². The van der Waals surface area contributed by atoms with Crippen molar-refractivity contribution in [2.45, 2.75) is 77.0 Å². The highest BCUT2D eigenvalue weighted by molar-refractivity contribution is 6.19. The molecule has 4 aromatic heterocycles. The molecule has 0 bridgehead atoms. The van der Waals surface area contributed by atoms with Crippen LogP contribution in [0.4, 0.5) is 0 Å². The number of benzene rings is 22. The van der Waals surface area contributed by atoms with Crippen molar-refractivity contribution in [3.8, 4) is 112 Å². The number of aromatic nitrogens is 4. The van der Waals surface area contributed by atoms with Gasteiger partial charge in [0.2, 0.25) is 0 Å². The number of hydrogen-bond acceptors (Lipinski definition) is 0. The number of nitrogens with zero attached hydrogens (tertiary/aromatic N) is 4. The first-order valence-electron chi connectivity index (χ1n) is 52.4. The van der Waals surface area contributed by atoms with E-state index in [-0.39, 0.29) is 10.8 Å². The minimum Gasteiger partial charge on any atom is -0.309 e. The molecule has 0 fully saturated rings. The maximum atomic E-state index is 2.46. The van der Waals surface area contributed by atoms with Gasteiger partial charge < -0.3 is 18.3 Å². The molecule has 148 heavy (non-hydrogen) atoms. The summed E-state index contributed by atoms with van der Waals surface area (Å²) in [4.78, 5) is 0. The van der Waals surface area contributed by atoms with Crippen LogP contribution in [0.25, 0.3) is 199 Å². The van der Waals surface area contributed by atoms with E-state index in [4.69, 9.17) is 0 Å². The standard InChI is InChI=1S/4C25H17N.2C22H18/c1-2-9-19(10-3-1)26-24-13-7-6-12-21(24)23-16-22-18(15-25(23)26)14-17-8-4-5-11-20(17)22;1-2-9-19(10-3-1)26-24-13-7-6-12-21(24)23-15-18-14-17-8-4-5-11-20(17)22(18)16-25(23)26;1-2-9-19(10-3-1)26-22-13-7-6-12-21(22)25-23(26)15-14-18-16-17-8-4-5-11-20(17)24(18)25;1-2-9-18(10-3-1)26-24-13-7-6-12-21(24)22-15-14-20-19-11-5-4-8-17(19)16-23(20)25(22)26;1-22(2)20-10-6-5-9-17(20)19-13-18-15(12-21(19)22)11-14-7-3-4-8-16(14)18;1-22(2)20-10-6-5-9-17(20)19-12-15-11-14-7-3-4-8-16(14)18(15)13-21(19)22/h2*1-13,15-16H,14H2;2*1-15H,16H2;2*3-10,12-13H,11H2,1-2H3. The average molecular weight is 1890 g/mol. The summed E-state index contributed by atoms with van der Waals surface area (Å²) in [5.74, 6) is 0. The average Bonchev–Trinajstić information content (AvgIpc) is 1.52. The first kappa shape index (κ1) is 86.7. The fourth-order valence-corrected chi connectivity index (χ4v) is 26.6. The summed E-state index contributed by atoms with van der Waals surface area (Å²) in [6.07, 6.45) is 6.24. The lowest BCUT2D eigenvalue weighted by Gasteiger charge is -2.22. The minimum absolute atomic E-state index is 0.0957. The molecule has 0 radical (unpaired) electrons. The Kier molecular flexibility index (Phi) is 20.1. The van der Waals surface area contributed by atoms with Crippen molar-refractivity contribution < 1.29 is 0 Å². The third-order valence-electron chi connectivity index (χ3n) is 33.4. The molecule has 0 saturated heterocycles. The lowest BCUT2D eigenvalue weighted by atomic mass is 9.81. The normalized spacial score (nSPS) is 13.5. The first-order valence-corrected chi connectivity index (χ1v) is 52.4. The Labute approximate surface area is 862 Å². The largest absolute Gasteiger partial charge is 0.309 e. The molecule has 4 nitrogen and oxygen atoms in total. The highest BCUT2D eigenvalue weighted by Crippen LogP contribution is 2.57. The van der Waals surface area contributed by atoms with Gasteiger partial charge in [-0.25, -0.2) is 0 Å². The predicted octanol–water partition coefficient (Wildman–Crippen LogP) is 36.5. The van der Waals surface area contributed by atoms with E-state index in [0.717, 1.165) is 38.5 Å². The van der Waals surface area contributed by atoms with Gasteiger partial charge in [0.05, 0.1) is 44.1 Å². The van der Waals surface area contributed by atoms with Crippen molar-refractivity contribution in [3.05, 3.63) is 574 Å². The van der Waals surface area contributed by atoms with E-state index >= 15 is 0 Å². The van der Waals surface area contributed by atoms with Crippen LogP contribution in [-0.2, 0) is 49.4 Å². The van der Waals surface area contributed by atoms with Gasteiger partial charge in [0.15, 0.2) is 0 Å². The maximum Gasteiger partial charge on any atom is 0.0582 e. The van der Waals surface area contributed by atoms with Crippen LogP contribution in [0.5, 0.6) is 0 Å². The zero-order valence-corrected chi connectivity index (χ0v) is 83.2. The Hall–Kier alpha value is -18.0. The van der Waals surface area contributed by atoms with Crippen LogP contribution in [0.1, 0.15) is 117 Å². The monoisotopic (exact) mass is 1890 g/mol. The zero-order chi connectivity index (χ0) is 98.1. The van der Waals surface area contributed by atoms with Crippen LogP contribution in [0.15, 0.2) is 485 Å². The van der Waals surface area contributed by atoms with E-state index in [1.807, 2.05) is 0 Å². The van der Waals surface area contributed by atoms with Gasteiger partial charge in [-0.1, -0.05) is 392 Å². The van der Waals surface area contributed by atoms with E-state index in [9.17, 15) is 0 Å². The topological polar surface area (TPSA) is 19.7 Å². The number of para-hydroxylation sites is 8. The van der Waals surface area contributed by atoms with Crippen molar-refractivity contribution in [2.75, 3.05) is 0 Å². The number of rotatable bonds is 4. The Bertz CT molecular complexity index is 9890. The lowest BCUT2D eigenvalue weighted by Crippen LogP contribution is -2.15. The van der Waals surface area contributed by atoms with E-state index in [1.54, 1.807) is 0 Å². The van der Waals surface area contributed by atoms with Crippen LogP contribution in [0.2, 0.25) is 0 Å². The molecule has 0 atom stereocenters. The van der Waals surface area contributed by atoms with Gasteiger partial charge >= 0.3 is 0 Å². The SMILES string of the molecule is CC1(C)c2ccccc2-c2cc3c(cc21)-c1ccccc1C3.CC1(C)c2ccccc2-c2cc3c(cc21)Cc1ccccc1-3.c1ccc(-n2c3ccccc3c3c4c(ccc32)Cc2ccccc2-4)cc1.c1ccc(-n2c3ccccc3c3cc4c(cc32)-c2ccccc2C4)cc1.c1ccc(-n2c3ccccc3c3cc4c(cc32)Cc2ccccc2-4)cc1.c1ccc(-n2c3ccccc3c3ccc4c(c32)Cc2ccccc2-4)cc1. The zero-order valence-electron chi connectivity index (χ0n) is 83.2. The fourth-order valence-electron chi connectivity index (χ4n) is 26.6. The van der Waals surface area contributed by atoms with E-state index in [1.165, 1.54) is 288 Å². The number of fused-ring (bicyclic) bond motifs is 38. The van der Waals surface area contributed by atoms with Gasteiger partial charge in [-0.05, 0) is 331 Å². The summed E-state index contributed by atoms with van der Waals surface area (Å²) >= 11 is 0. The second kappa shape index (κ2) is 34.4. The van der Waals surface area contributed by atoms with Crippen LogP contribution >= 0.6 is 0 Å². The third kappa shape index (κ3) is 13.7. The summed E-state index contributed by atoms with van der Waals surface area (Å²) in [6, 6.07) is 177. The number of hydrogen-bond donors (Lipinski definition) is 0. The van der Waals surface area contributed by atoms with Gasteiger partial charge in [0.25, 0.3) is 0 Å². The van der Waals surface area contributed by atoms with Crippen molar-refractivity contribution in [1.29, 1.82) is 0 Å². The molecule has 34 rings (SSSR count). The van der Waals surface area contributed by atoms with Crippen LogP contribution in [0.3, 0.4) is 0 Å². The Morgan fingerprint density at radius 2 is 0.480 bits per heavy atom. The maximum absolute atomic E-state index is 2.46. The summed E-state index contributed by atoms with van der Waals surface area (Å²) in [7, 11) is 0. The molecule has 8 aliphatic carbocycles. The molecule has 4 heterocycles. The van der Waals surface area contributed by atoms with Crippen molar-refractivity contribution >= 4 is 87.2 Å². The van der Waals surface area contributed by atoms with Crippen molar-refractivity contribution in [1.82, 2.24) is 18.3 Å². The summed E-state index contributed by atoms with van der Waals surface area (Å²) in [6.45, 7) is 9.41. The molecule has 8 aliphatic rings. The second-order valence-corrected chi connectivity index (χ2v) is 42.2. The molecule has 0 amide bonds. The van der Waals surface area contributed by atoms with Gasteiger partial charge in [-0.2, -0.15) is 0 Å². The van der Waals surface area contributed by atoms with Gasteiger partial charge in [-0.3, -0.25) is 0 Å². The summed E-state index contributed by atoms with van der Waals surface area (Å²) < 4.78 is 9.63. The first-order chi connectivity index (χ1) is 72.9. The highest BCUT2D eigenvalue weighted by Gasteiger charge is 2.40. The molecule has 0 aliphatic heterocycles. The van der Waals surface area contributed by atoms with E-state index < -0.39 is 0 Å². The highest BCUT2D eigenvalue weighted by atomic mass is 15.0. The fraction of sp³-hybridized carbons (Fsp3) is 0.0833. The van der Waals surface area contributed by atoms with Crippen LogP contribution < -0.4 is 0 Å². The molecule has 0 N–H and O–H groups in total. The van der Waals surface area contributed by atoms with E-state index in [2.05, 4.69) is 531 Å².